The average molecular weight is 544 g/mol. The summed E-state index contributed by atoms with van der Waals surface area (Å²) >= 11 is 1.59. The lowest BCUT2D eigenvalue weighted by Gasteiger charge is -2.34. The number of esters is 1. The second-order valence-corrected chi connectivity index (χ2v) is 11.5. The maximum absolute atomic E-state index is 13.1. The van der Waals surface area contributed by atoms with Crippen molar-refractivity contribution < 1.29 is 22.3 Å². The number of hydrogen-bond acceptors (Lipinski definition) is 6. The molecule has 0 unspecified atom stereocenters. The summed E-state index contributed by atoms with van der Waals surface area (Å²) in [6.07, 6.45) is 0.876. The zero-order valence-corrected chi connectivity index (χ0v) is 22.2. The van der Waals surface area contributed by atoms with Gasteiger partial charge in [-0.15, -0.1) is 11.8 Å². The highest BCUT2D eigenvalue weighted by molar-refractivity contribution is 7.99. The van der Waals surface area contributed by atoms with E-state index in [2.05, 4.69) is 21.8 Å². The number of ether oxygens (including phenoxy) is 1. The van der Waals surface area contributed by atoms with Crippen LogP contribution in [0.5, 0.6) is 0 Å². The first-order chi connectivity index (χ1) is 17.8. The van der Waals surface area contributed by atoms with Gasteiger partial charge in [-0.05, 0) is 47.9 Å². The van der Waals surface area contributed by atoms with Gasteiger partial charge in [-0.3, -0.25) is 9.62 Å². The molecule has 0 radical (unpaired) electrons. The van der Waals surface area contributed by atoms with E-state index in [4.69, 9.17) is 4.74 Å². The molecule has 1 N–H and O–H groups in total. The number of hydrogen-bond donors (Lipinski definition) is 1. The molecule has 7 nitrogen and oxygen atoms in total. The molecule has 0 saturated carbocycles. The summed E-state index contributed by atoms with van der Waals surface area (Å²) in [5.41, 5.74) is 2.56. The van der Waals surface area contributed by atoms with Crippen molar-refractivity contribution in [2.45, 2.75) is 17.9 Å². The van der Waals surface area contributed by atoms with Crippen LogP contribution in [0.2, 0.25) is 0 Å². The Hall–Kier alpha value is -2.92. The molecule has 1 fully saturated rings. The van der Waals surface area contributed by atoms with Crippen molar-refractivity contribution in [2.24, 2.45) is 0 Å². The summed E-state index contributed by atoms with van der Waals surface area (Å²) < 4.78 is 48.3. The number of aryl methyl sites for hydroxylation is 1. The number of benzene rings is 3. The molecule has 1 aliphatic heterocycles. The maximum Gasteiger partial charge on any atom is 0.340 e. The number of rotatable bonds is 10. The maximum atomic E-state index is 13.1. The fourth-order valence-electron chi connectivity index (χ4n) is 4.09. The molecule has 196 valence electrons. The molecule has 1 heterocycles. The molecule has 4 rings (SSSR count). The summed E-state index contributed by atoms with van der Waals surface area (Å²) in [6, 6.07) is 21.5. The van der Waals surface area contributed by atoms with E-state index in [1.54, 1.807) is 42.1 Å². The van der Waals surface area contributed by atoms with Crippen molar-refractivity contribution in [3.63, 3.8) is 0 Å². The molecule has 1 saturated heterocycles. The second kappa shape index (κ2) is 12.6. The third-order valence-electron chi connectivity index (χ3n) is 6.13. The number of anilines is 1. The van der Waals surface area contributed by atoms with Crippen LogP contribution in [-0.4, -0.2) is 62.6 Å². The second-order valence-electron chi connectivity index (χ2n) is 8.69. The number of nitrogens with one attached hydrogen (secondary N) is 1. The van der Waals surface area contributed by atoms with E-state index in [1.807, 2.05) is 18.2 Å². The lowest BCUT2D eigenvalue weighted by Crippen LogP contribution is -2.49. The molecule has 1 aliphatic rings. The summed E-state index contributed by atoms with van der Waals surface area (Å²) in [5.74, 6) is -0.0686. The van der Waals surface area contributed by atoms with Gasteiger partial charge in [0.25, 0.3) is 0 Å². The van der Waals surface area contributed by atoms with Gasteiger partial charge < -0.3 is 4.74 Å². The van der Waals surface area contributed by atoms with Crippen LogP contribution in [0.15, 0.2) is 77.7 Å². The van der Waals surface area contributed by atoms with E-state index in [9.17, 15) is 17.6 Å². The van der Waals surface area contributed by atoms with Crippen LogP contribution in [0.25, 0.3) is 0 Å². The van der Waals surface area contributed by atoms with Crippen LogP contribution in [0.4, 0.5) is 10.1 Å². The Morgan fingerprint density at radius 3 is 2.35 bits per heavy atom. The number of piperazine rings is 1. The van der Waals surface area contributed by atoms with Gasteiger partial charge in [0.1, 0.15) is 5.82 Å². The zero-order valence-electron chi connectivity index (χ0n) is 20.6. The Bertz CT molecular complexity index is 1300. The van der Waals surface area contributed by atoms with Crippen LogP contribution < -0.4 is 4.72 Å². The van der Waals surface area contributed by atoms with Gasteiger partial charge in [0, 0.05) is 43.4 Å². The fourth-order valence-corrected chi connectivity index (χ4v) is 6.26. The summed E-state index contributed by atoms with van der Waals surface area (Å²) in [4.78, 5) is 15.5. The third-order valence-corrected chi connectivity index (χ3v) is 8.65. The fraction of sp³-hybridized carbons (Fsp3) is 0.296. The van der Waals surface area contributed by atoms with Crippen molar-refractivity contribution in [1.29, 1.82) is 0 Å². The normalized spacial score (nSPS) is 14.9. The molecule has 0 atom stereocenters. The largest absolute Gasteiger partial charge is 0.465 e. The monoisotopic (exact) mass is 543 g/mol. The zero-order chi connectivity index (χ0) is 26.3. The molecule has 0 aromatic heterocycles. The number of carbonyl (C=O) groups excluding carboxylic acids is 1. The van der Waals surface area contributed by atoms with Crippen LogP contribution in [0.1, 0.15) is 21.5 Å². The average Bonchev–Trinajstić information content (AvgIpc) is 2.91. The standard InChI is InChI=1S/C27H30FN3O4S2/c1-35-27(32)25-19-24(36-18-13-21-5-3-2-4-6-21)11-12-26(25)29-37(33,34)31-16-14-30(15-17-31)20-22-7-9-23(28)10-8-22/h2-12,19,29H,13-18,20H2,1H3. The highest BCUT2D eigenvalue weighted by Crippen LogP contribution is 2.27. The molecule has 3 aromatic carbocycles. The lowest BCUT2D eigenvalue weighted by molar-refractivity contribution is 0.0601. The Morgan fingerprint density at radius 2 is 1.68 bits per heavy atom. The van der Waals surface area contributed by atoms with E-state index in [0.717, 1.165) is 22.6 Å². The Kier molecular flexibility index (Phi) is 9.20. The Morgan fingerprint density at radius 1 is 0.973 bits per heavy atom. The number of carbonyl (C=O) groups is 1. The SMILES string of the molecule is COC(=O)c1cc(SCCc2ccccc2)ccc1NS(=O)(=O)N1CCN(Cc2ccc(F)cc2)CC1. The highest BCUT2D eigenvalue weighted by atomic mass is 32.2. The Balaban J connectivity index is 1.37. The molecule has 0 aliphatic carbocycles. The van der Waals surface area contributed by atoms with Gasteiger partial charge in [-0.25, -0.2) is 9.18 Å². The minimum absolute atomic E-state index is 0.172. The first kappa shape index (κ1) is 27.1. The summed E-state index contributed by atoms with van der Waals surface area (Å²) in [5, 5.41) is 0. The smallest absolute Gasteiger partial charge is 0.340 e. The van der Waals surface area contributed by atoms with Crippen LogP contribution in [-0.2, 0) is 27.9 Å². The van der Waals surface area contributed by atoms with Gasteiger partial charge in [0.15, 0.2) is 0 Å². The van der Waals surface area contributed by atoms with Gasteiger partial charge in [0.2, 0.25) is 0 Å². The van der Waals surface area contributed by atoms with Crippen LogP contribution in [0, 0.1) is 5.82 Å². The number of methoxy groups -OCH3 is 1. The highest BCUT2D eigenvalue weighted by Gasteiger charge is 2.28. The number of nitrogens with zero attached hydrogens (tertiary/aromatic N) is 2. The van der Waals surface area contributed by atoms with E-state index < -0.39 is 16.2 Å². The molecular formula is C27H30FN3O4S2. The van der Waals surface area contributed by atoms with Gasteiger partial charge in [-0.1, -0.05) is 42.5 Å². The molecule has 0 spiro atoms. The number of thioether (sulfide) groups is 1. The van der Waals surface area contributed by atoms with Crippen molar-refractivity contribution in [1.82, 2.24) is 9.21 Å². The summed E-state index contributed by atoms with van der Waals surface area (Å²) in [6.45, 7) is 2.31. The van der Waals surface area contributed by atoms with E-state index >= 15 is 0 Å². The van der Waals surface area contributed by atoms with E-state index in [-0.39, 0.29) is 17.1 Å². The van der Waals surface area contributed by atoms with Gasteiger partial charge in [-0.2, -0.15) is 12.7 Å². The van der Waals surface area contributed by atoms with Crippen molar-refractivity contribution in [3.8, 4) is 0 Å². The van der Waals surface area contributed by atoms with Crippen LogP contribution >= 0.6 is 11.8 Å². The predicted molar refractivity (Wildman–Crippen MR) is 144 cm³/mol. The molecule has 0 bridgehead atoms. The molecule has 10 heteroatoms. The predicted octanol–water partition coefficient (Wildman–Crippen LogP) is 4.42. The van der Waals surface area contributed by atoms with Gasteiger partial charge >= 0.3 is 16.2 Å². The molecule has 37 heavy (non-hydrogen) atoms. The number of halogens is 1. The molecule has 0 amide bonds. The third kappa shape index (κ3) is 7.54. The minimum atomic E-state index is -3.88. The lowest BCUT2D eigenvalue weighted by atomic mass is 10.2. The van der Waals surface area contributed by atoms with E-state index in [1.165, 1.54) is 29.1 Å². The van der Waals surface area contributed by atoms with Crippen molar-refractivity contribution in [3.05, 3.63) is 95.3 Å². The first-order valence-electron chi connectivity index (χ1n) is 12.0. The van der Waals surface area contributed by atoms with Gasteiger partial charge in [0.05, 0.1) is 18.4 Å². The minimum Gasteiger partial charge on any atom is -0.465 e. The van der Waals surface area contributed by atoms with Crippen molar-refractivity contribution >= 4 is 33.6 Å². The quantitative estimate of drug-likeness (QED) is 0.301. The molecular weight excluding hydrogens is 513 g/mol. The Labute approximate surface area is 221 Å². The van der Waals surface area contributed by atoms with E-state index in [0.29, 0.717) is 32.7 Å². The topological polar surface area (TPSA) is 78.9 Å². The summed E-state index contributed by atoms with van der Waals surface area (Å²) in [7, 11) is -2.60. The molecule has 3 aromatic rings. The first-order valence-corrected chi connectivity index (χ1v) is 14.4. The van der Waals surface area contributed by atoms with Crippen LogP contribution in [0.3, 0.4) is 0 Å². The van der Waals surface area contributed by atoms with Crippen molar-refractivity contribution in [2.75, 3.05) is 43.8 Å².